The van der Waals surface area contributed by atoms with Crippen LogP contribution in [0.25, 0.3) is 0 Å². The largest absolute Gasteiger partial charge is 0.493 e. The van der Waals surface area contributed by atoms with Crippen LogP contribution in [0.2, 0.25) is 0 Å². The molecule has 0 unspecified atom stereocenters. The third kappa shape index (κ3) is 1.36. The Morgan fingerprint density at radius 3 is 2.92 bits per heavy atom. The standard InChI is InChI=1S/C8H7BrN2O2/c9-5-2-1-3-6-8(5)10-7(12)4-11(6)13/h1-4,10,12-13H. The molecule has 0 bridgehead atoms. The SMILES string of the molecule is OC1=CN(O)c2cccc(Br)c2N1. The number of rotatable bonds is 0. The molecule has 13 heavy (non-hydrogen) atoms. The molecule has 0 aliphatic carbocycles. The van der Waals surface area contributed by atoms with Crippen molar-refractivity contribution in [2.24, 2.45) is 0 Å². The Bertz CT molecular complexity index is 378. The summed E-state index contributed by atoms with van der Waals surface area (Å²) >= 11 is 3.30. The fraction of sp³-hybridized carbons (Fsp3) is 0. The van der Waals surface area contributed by atoms with Crippen molar-refractivity contribution in [3.05, 3.63) is 34.8 Å². The molecule has 2 rings (SSSR count). The van der Waals surface area contributed by atoms with Gasteiger partial charge in [0.2, 0.25) is 5.88 Å². The van der Waals surface area contributed by atoms with E-state index in [9.17, 15) is 10.3 Å². The molecule has 0 radical (unpaired) electrons. The lowest BCUT2D eigenvalue weighted by atomic mass is 10.2. The zero-order valence-electron chi connectivity index (χ0n) is 6.53. The lowest BCUT2D eigenvalue weighted by Crippen LogP contribution is -2.19. The summed E-state index contributed by atoms with van der Waals surface area (Å²) < 4.78 is 0.781. The molecule has 3 N–H and O–H groups in total. The first kappa shape index (κ1) is 8.40. The molecule has 0 aromatic heterocycles. The Morgan fingerprint density at radius 2 is 2.15 bits per heavy atom. The highest BCUT2D eigenvalue weighted by molar-refractivity contribution is 9.10. The normalized spacial score (nSPS) is 14.6. The molecule has 0 fully saturated rings. The Kier molecular flexibility index (Phi) is 1.90. The van der Waals surface area contributed by atoms with Gasteiger partial charge in [-0.3, -0.25) is 5.21 Å². The van der Waals surface area contributed by atoms with Crippen LogP contribution >= 0.6 is 15.9 Å². The van der Waals surface area contributed by atoms with Crippen LogP contribution < -0.4 is 10.4 Å². The number of hydrogen-bond donors (Lipinski definition) is 3. The maximum atomic E-state index is 9.39. The average molecular weight is 243 g/mol. The van der Waals surface area contributed by atoms with Crippen LogP contribution in [0.4, 0.5) is 11.4 Å². The van der Waals surface area contributed by atoms with Gasteiger partial charge in [0.25, 0.3) is 0 Å². The van der Waals surface area contributed by atoms with E-state index in [-0.39, 0.29) is 5.88 Å². The fourth-order valence-corrected chi connectivity index (χ4v) is 1.63. The van der Waals surface area contributed by atoms with Crippen LogP contribution in [-0.4, -0.2) is 10.3 Å². The van der Waals surface area contributed by atoms with Crippen LogP contribution in [0, 0.1) is 0 Å². The predicted octanol–water partition coefficient (Wildman–Crippen LogP) is 2.43. The molecule has 1 aromatic rings. The van der Waals surface area contributed by atoms with Crippen molar-refractivity contribution in [3.63, 3.8) is 0 Å². The molecule has 1 aromatic carbocycles. The van der Waals surface area contributed by atoms with Crippen molar-refractivity contribution in [1.82, 2.24) is 0 Å². The molecule has 0 atom stereocenters. The molecule has 1 heterocycles. The molecule has 0 amide bonds. The molecular formula is C8H7BrN2O2. The van der Waals surface area contributed by atoms with E-state index < -0.39 is 0 Å². The maximum absolute atomic E-state index is 9.39. The van der Waals surface area contributed by atoms with Crippen molar-refractivity contribution in [2.45, 2.75) is 0 Å². The molecule has 1 aliphatic rings. The highest BCUT2D eigenvalue weighted by Crippen LogP contribution is 2.35. The highest BCUT2D eigenvalue weighted by Gasteiger charge is 2.16. The van der Waals surface area contributed by atoms with E-state index >= 15 is 0 Å². The molecule has 0 saturated heterocycles. The topological polar surface area (TPSA) is 55.7 Å². The summed E-state index contributed by atoms with van der Waals surface area (Å²) in [4.78, 5) is 0. The number of aliphatic hydroxyl groups excluding tert-OH is 1. The van der Waals surface area contributed by atoms with Gasteiger partial charge >= 0.3 is 0 Å². The smallest absolute Gasteiger partial charge is 0.208 e. The van der Waals surface area contributed by atoms with E-state index in [4.69, 9.17) is 0 Å². The number of nitrogens with one attached hydrogen (secondary N) is 1. The highest BCUT2D eigenvalue weighted by atomic mass is 79.9. The van der Waals surface area contributed by atoms with Crippen LogP contribution in [0.15, 0.2) is 34.8 Å². The second kappa shape index (κ2) is 2.93. The Morgan fingerprint density at radius 1 is 1.38 bits per heavy atom. The van der Waals surface area contributed by atoms with Crippen molar-refractivity contribution in [3.8, 4) is 0 Å². The Hall–Kier alpha value is -1.20. The van der Waals surface area contributed by atoms with Crippen molar-refractivity contribution < 1.29 is 10.3 Å². The number of hydrogen-bond acceptors (Lipinski definition) is 4. The predicted molar refractivity (Wildman–Crippen MR) is 52.7 cm³/mol. The first-order valence-electron chi connectivity index (χ1n) is 3.63. The number of halogens is 1. The third-order valence-corrected chi connectivity index (χ3v) is 2.40. The minimum atomic E-state index is -0.0955. The molecule has 5 heteroatoms. The number of benzene rings is 1. The number of fused-ring (bicyclic) bond motifs is 1. The average Bonchev–Trinajstić information content (AvgIpc) is 2.07. The first-order valence-corrected chi connectivity index (χ1v) is 4.42. The number of nitrogens with zero attached hydrogens (tertiary/aromatic N) is 1. The molecule has 0 spiro atoms. The number of aliphatic hydroxyl groups is 1. The second-order valence-corrected chi connectivity index (χ2v) is 3.47. The first-order chi connectivity index (χ1) is 6.18. The monoisotopic (exact) mass is 242 g/mol. The van der Waals surface area contributed by atoms with E-state index in [0.29, 0.717) is 11.4 Å². The minimum Gasteiger partial charge on any atom is -0.493 e. The van der Waals surface area contributed by atoms with Crippen molar-refractivity contribution in [2.75, 3.05) is 10.4 Å². The summed E-state index contributed by atoms with van der Waals surface area (Å²) in [6.45, 7) is 0. The lowest BCUT2D eigenvalue weighted by Gasteiger charge is -2.23. The van der Waals surface area contributed by atoms with Gasteiger partial charge in [-0.05, 0) is 28.1 Å². The summed E-state index contributed by atoms with van der Waals surface area (Å²) in [6, 6.07) is 5.35. The van der Waals surface area contributed by atoms with Gasteiger partial charge in [0, 0.05) is 4.47 Å². The Labute approximate surface area is 83.2 Å². The van der Waals surface area contributed by atoms with Crippen molar-refractivity contribution in [1.29, 1.82) is 0 Å². The molecule has 4 nitrogen and oxygen atoms in total. The van der Waals surface area contributed by atoms with Crippen LogP contribution in [0.5, 0.6) is 0 Å². The van der Waals surface area contributed by atoms with Gasteiger partial charge < -0.3 is 10.4 Å². The summed E-state index contributed by atoms with van der Waals surface area (Å²) in [7, 11) is 0. The zero-order valence-corrected chi connectivity index (χ0v) is 8.12. The van der Waals surface area contributed by atoms with Gasteiger partial charge in [0.1, 0.15) is 0 Å². The second-order valence-electron chi connectivity index (χ2n) is 2.62. The number of para-hydroxylation sites is 1. The van der Waals surface area contributed by atoms with E-state index in [2.05, 4.69) is 21.2 Å². The van der Waals surface area contributed by atoms with E-state index in [1.54, 1.807) is 12.1 Å². The van der Waals surface area contributed by atoms with Gasteiger partial charge in [0.05, 0.1) is 17.6 Å². The van der Waals surface area contributed by atoms with E-state index in [1.165, 1.54) is 6.20 Å². The van der Waals surface area contributed by atoms with E-state index in [1.807, 2.05) is 6.07 Å². The maximum Gasteiger partial charge on any atom is 0.208 e. The quantitative estimate of drug-likeness (QED) is 0.655. The molecule has 68 valence electrons. The fourth-order valence-electron chi connectivity index (χ4n) is 1.17. The van der Waals surface area contributed by atoms with Gasteiger partial charge in [-0.2, -0.15) is 0 Å². The van der Waals surface area contributed by atoms with Crippen LogP contribution in [0.1, 0.15) is 0 Å². The number of hydroxylamine groups is 1. The van der Waals surface area contributed by atoms with Gasteiger partial charge in [0.15, 0.2) is 0 Å². The van der Waals surface area contributed by atoms with Crippen LogP contribution in [-0.2, 0) is 0 Å². The van der Waals surface area contributed by atoms with E-state index in [0.717, 1.165) is 9.54 Å². The van der Waals surface area contributed by atoms with Gasteiger partial charge in [-0.25, -0.2) is 5.06 Å². The summed E-state index contributed by atoms with van der Waals surface area (Å²) in [5.41, 5.74) is 1.23. The number of anilines is 2. The Balaban J connectivity index is 2.55. The van der Waals surface area contributed by atoms with Crippen LogP contribution in [0.3, 0.4) is 0 Å². The van der Waals surface area contributed by atoms with Crippen molar-refractivity contribution >= 4 is 27.3 Å². The third-order valence-electron chi connectivity index (χ3n) is 1.74. The summed E-state index contributed by atoms with van der Waals surface area (Å²) in [5, 5.41) is 22.2. The zero-order chi connectivity index (χ0) is 9.42. The summed E-state index contributed by atoms with van der Waals surface area (Å²) in [5.74, 6) is -0.0955. The molecule has 1 aliphatic heterocycles. The summed E-state index contributed by atoms with van der Waals surface area (Å²) in [6.07, 6.45) is 1.19. The van der Waals surface area contributed by atoms with Gasteiger partial charge in [-0.15, -0.1) is 0 Å². The minimum absolute atomic E-state index is 0.0955. The van der Waals surface area contributed by atoms with Gasteiger partial charge in [-0.1, -0.05) is 6.07 Å². The molecular weight excluding hydrogens is 236 g/mol. The molecule has 0 saturated carbocycles. The lowest BCUT2D eigenvalue weighted by molar-refractivity contribution is 0.284.